The zero-order valence-corrected chi connectivity index (χ0v) is 11.2. The van der Waals surface area contributed by atoms with Gasteiger partial charge in [-0.2, -0.15) is 0 Å². The summed E-state index contributed by atoms with van der Waals surface area (Å²) in [6.07, 6.45) is 0.504. The number of rotatable bonds is 3. The zero-order valence-electron chi connectivity index (χ0n) is 10.4. The Morgan fingerprint density at radius 1 is 1.18 bits per heavy atom. The maximum absolute atomic E-state index is 12.2. The van der Waals surface area contributed by atoms with Crippen LogP contribution in [0.25, 0.3) is 0 Å². The molecule has 0 saturated heterocycles. The lowest BCUT2D eigenvalue weighted by Gasteiger charge is -2.04. The van der Waals surface area contributed by atoms with Gasteiger partial charge in [-0.05, 0) is 38.0 Å². The fourth-order valence-electron chi connectivity index (χ4n) is 1.98. The first-order valence-electron chi connectivity index (χ1n) is 5.72. The quantitative estimate of drug-likeness (QED) is 0.743. The molecule has 0 aliphatic carbocycles. The Balaban J connectivity index is 2.23. The van der Waals surface area contributed by atoms with Crippen LogP contribution in [-0.2, 0) is 6.42 Å². The molecule has 1 aromatic carbocycles. The van der Waals surface area contributed by atoms with Gasteiger partial charge < -0.3 is 0 Å². The van der Waals surface area contributed by atoms with E-state index in [9.17, 15) is 4.79 Å². The fraction of sp³-hybridized carbons (Fsp3) is 0.267. The van der Waals surface area contributed by atoms with E-state index >= 15 is 0 Å². The van der Waals surface area contributed by atoms with Gasteiger partial charge >= 0.3 is 0 Å². The topological polar surface area (TPSA) is 17.1 Å². The third-order valence-corrected chi connectivity index (χ3v) is 3.92. The Hall–Kier alpha value is -1.41. The van der Waals surface area contributed by atoms with E-state index in [0.717, 1.165) is 16.0 Å². The molecule has 0 saturated carbocycles. The van der Waals surface area contributed by atoms with Crippen LogP contribution in [0.3, 0.4) is 0 Å². The molecule has 1 heterocycles. The summed E-state index contributed by atoms with van der Waals surface area (Å²) >= 11 is 1.69. The highest BCUT2D eigenvalue weighted by atomic mass is 32.1. The summed E-state index contributed by atoms with van der Waals surface area (Å²) in [7, 11) is 0. The van der Waals surface area contributed by atoms with Crippen molar-refractivity contribution in [2.45, 2.75) is 27.2 Å². The number of carbonyl (C=O) groups is 1. The molecule has 17 heavy (non-hydrogen) atoms. The number of ketones is 1. The van der Waals surface area contributed by atoms with Gasteiger partial charge in [0.15, 0.2) is 5.78 Å². The molecule has 0 fully saturated rings. The molecule has 0 N–H and O–H groups in total. The second-order valence-electron chi connectivity index (χ2n) is 4.35. The number of carbonyl (C=O) groups excluding carboxylic acids is 1. The Kier molecular flexibility index (Phi) is 3.43. The van der Waals surface area contributed by atoms with Crippen molar-refractivity contribution in [1.82, 2.24) is 0 Å². The zero-order chi connectivity index (χ0) is 12.4. The van der Waals surface area contributed by atoms with Crippen LogP contribution in [-0.4, -0.2) is 5.78 Å². The molecule has 1 aromatic heterocycles. The highest BCUT2D eigenvalue weighted by molar-refractivity contribution is 7.12. The molecule has 88 valence electrons. The van der Waals surface area contributed by atoms with Crippen LogP contribution in [0.5, 0.6) is 0 Å². The first kappa shape index (κ1) is 12.1. The number of Topliss-reactive ketones (excluding diaryl/α,β-unsaturated/α-hetero) is 1. The number of thiophene rings is 1. The average molecular weight is 244 g/mol. The molecular formula is C15H16OS. The summed E-state index contributed by atoms with van der Waals surface area (Å²) in [5.41, 5.74) is 3.20. The number of hydrogen-bond acceptors (Lipinski definition) is 2. The van der Waals surface area contributed by atoms with E-state index in [-0.39, 0.29) is 5.78 Å². The van der Waals surface area contributed by atoms with Crippen molar-refractivity contribution in [2.75, 3.05) is 0 Å². The van der Waals surface area contributed by atoms with Gasteiger partial charge in [-0.3, -0.25) is 4.79 Å². The molecule has 2 heteroatoms. The highest BCUT2D eigenvalue weighted by Gasteiger charge is 2.13. The van der Waals surface area contributed by atoms with Gasteiger partial charge in [-0.15, -0.1) is 11.3 Å². The molecule has 0 bridgehead atoms. The van der Waals surface area contributed by atoms with Crippen LogP contribution in [0, 0.1) is 20.8 Å². The van der Waals surface area contributed by atoms with E-state index in [4.69, 9.17) is 0 Å². The molecule has 0 spiro atoms. The predicted octanol–water partition coefficient (Wildman–Crippen LogP) is 4.10. The Morgan fingerprint density at radius 2 is 1.88 bits per heavy atom. The second kappa shape index (κ2) is 4.84. The summed E-state index contributed by atoms with van der Waals surface area (Å²) in [6, 6.07) is 10.1. The number of benzene rings is 1. The van der Waals surface area contributed by atoms with Gasteiger partial charge in [0.2, 0.25) is 0 Å². The lowest BCUT2D eigenvalue weighted by molar-refractivity contribution is 0.0992. The van der Waals surface area contributed by atoms with Gasteiger partial charge in [-0.1, -0.05) is 24.3 Å². The largest absolute Gasteiger partial charge is 0.294 e. The SMILES string of the molecule is Cc1cc(C(=O)Cc2ccccc2C)c(C)s1. The first-order chi connectivity index (χ1) is 8.08. The number of hydrogen-bond donors (Lipinski definition) is 0. The summed E-state index contributed by atoms with van der Waals surface area (Å²) < 4.78 is 0. The van der Waals surface area contributed by atoms with Gasteiger partial charge in [0.05, 0.1) is 0 Å². The standard InChI is InChI=1S/C15H16OS/c1-10-6-4-5-7-13(10)9-15(16)14-8-11(2)17-12(14)3/h4-8H,9H2,1-3H3. The van der Waals surface area contributed by atoms with Crippen LogP contribution in [0.4, 0.5) is 0 Å². The van der Waals surface area contributed by atoms with Crippen LogP contribution in [0.1, 0.15) is 31.2 Å². The maximum atomic E-state index is 12.2. The summed E-state index contributed by atoms with van der Waals surface area (Å²) in [5, 5.41) is 0. The molecule has 0 aliphatic heterocycles. The van der Waals surface area contributed by atoms with Gasteiger partial charge in [0, 0.05) is 21.7 Å². The van der Waals surface area contributed by atoms with Crippen molar-refractivity contribution in [2.24, 2.45) is 0 Å². The molecule has 0 aliphatic rings. The fourth-order valence-corrected chi connectivity index (χ4v) is 2.93. The van der Waals surface area contributed by atoms with E-state index in [0.29, 0.717) is 6.42 Å². The lowest BCUT2D eigenvalue weighted by Crippen LogP contribution is -2.04. The minimum absolute atomic E-state index is 0.223. The Bertz CT molecular complexity index is 552. The highest BCUT2D eigenvalue weighted by Crippen LogP contribution is 2.22. The molecule has 0 atom stereocenters. The van der Waals surface area contributed by atoms with Crippen molar-refractivity contribution in [3.8, 4) is 0 Å². The van der Waals surface area contributed by atoms with Crippen LogP contribution >= 0.6 is 11.3 Å². The average Bonchev–Trinajstić information content (AvgIpc) is 2.61. The van der Waals surface area contributed by atoms with E-state index < -0.39 is 0 Å². The van der Waals surface area contributed by atoms with Crippen LogP contribution in [0.2, 0.25) is 0 Å². The molecule has 0 radical (unpaired) electrons. The summed E-state index contributed by atoms with van der Waals surface area (Å²) in [4.78, 5) is 14.5. The Labute approximate surface area is 106 Å². The molecule has 0 amide bonds. The first-order valence-corrected chi connectivity index (χ1v) is 6.54. The third-order valence-electron chi connectivity index (χ3n) is 2.95. The van der Waals surface area contributed by atoms with Crippen molar-refractivity contribution >= 4 is 17.1 Å². The second-order valence-corrected chi connectivity index (χ2v) is 5.81. The molecule has 2 aromatic rings. The van der Waals surface area contributed by atoms with E-state index in [1.165, 1.54) is 10.4 Å². The Morgan fingerprint density at radius 3 is 2.47 bits per heavy atom. The number of aryl methyl sites for hydroxylation is 3. The normalized spacial score (nSPS) is 10.5. The lowest BCUT2D eigenvalue weighted by atomic mass is 10.00. The molecule has 1 nitrogen and oxygen atoms in total. The van der Waals surface area contributed by atoms with Crippen LogP contribution in [0.15, 0.2) is 30.3 Å². The minimum atomic E-state index is 0.223. The van der Waals surface area contributed by atoms with Gasteiger partial charge in [0.1, 0.15) is 0 Å². The van der Waals surface area contributed by atoms with Crippen molar-refractivity contribution < 1.29 is 4.79 Å². The molecule has 2 rings (SSSR count). The van der Waals surface area contributed by atoms with E-state index in [1.807, 2.05) is 51.1 Å². The minimum Gasteiger partial charge on any atom is -0.294 e. The van der Waals surface area contributed by atoms with E-state index in [1.54, 1.807) is 11.3 Å². The van der Waals surface area contributed by atoms with Crippen molar-refractivity contribution in [3.63, 3.8) is 0 Å². The van der Waals surface area contributed by atoms with Crippen molar-refractivity contribution in [1.29, 1.82) is 0 Å². The molecule has 0 unspecified atom stereocenters. The van der Waals surface area contributed by atoms with E-state index in [2.05, 4.69) is 0 Å². The predicted molar refractivity (Wildman–Crippen MR) is 73.0 cm³/mol. The van der Waals surface area contributed by atoms with Crippen molar-refractivity contribution in [3.05, 3.63) is 56.8 Å². The van der Waals surface area contributed by atoms with Crippen LogP contribution < -0.4 is 0 Å². The maximum Gasteiger partial charge on any atom is 0.168 e. The molecular weight excluding hydrogens is 228 g/mol. The smallest absolute Gasteiger partial charge is 0.168 e. The summed E-state index contributed by atoms with van der Waals surface area (Å²) in [5.74, 6) is 0.223. The van der Waals surface area contributed by atoms with Gasteiger partial charge in [-0.25, -0.2) is 0 Å². The van der Waals surface area contributed by atoms with Gasteiger partial charge in [0.25, 0.3) is 0 Å². The monoisotopic (exact) mass is 244 g/mol. The summed E-state index contributed by atoms with van der Waals surface area (Å²) in [6.45, 7) is 6.11. The third kappa shape index (κ3) is 2.64.